The number of hydrogen-bond donors (Lipinski definition) is 1. The minimum Gasteiger partial charge on any atom is -0.379 e. The minimum absolute atomic E-state index is 0.0811. The molecule has 1 heterocycles. The molecule has 1 fully saturated rings. The first-order valence-electron chi connectivity index (χ1n) is 9.22. The maximum atomic E-state index is 12.2. The number of rotatable bonds is 8. The monoisotopic (exact) mass is 404 g/mol. The summed E-state index contributed by atoms with van der Waals surface area (Å²) < 4.78 is 5.41. The van der Waals surface area contributed by atoms with E-state index in [1.165, 1.54) is 11.1 Å². The van der Waals surface area contributed by atoms with Crippen LogP contribution in [0.25, 0.3) is 0 Å². The fraction of sp³-hybridized carbons (Fsp3) is 0.381. The van der Waals surface area contributed by atoms with Crippen LogP contribution in [0.1, 0.15) is 17.5 Å². The van der Waals surface area contributed by atoms with Crippen molar-refractivity contribution in [3.8, 4) is 0 Å². The van der Waals surface area contributed by atoms with Gasteiger partial charge in [0.2, 0.25) is 5.91 Å². The second-order valence-corrected chi connectivity index (χ2v) is 8.09. The zero-order valence-corrected chi connectivity index (χ0v) is 16.9. The topological polar surface area (TPSA) is 41.6 Å². The summed E-state index contributed by atoms with van der Waals surface area (Å²) in [5, 5.41) is 3.78. The van der Waals surface area contributed by atoms with Gasteiger partial charge in [0, 0.05) is 48.3 Å². The summed E-state index contributed by atoms with van der Waals surface area (Å²) in [5.41, 5.74) is 2.46. The number of ether oxygens (including phenoxy) is 1. The first-order valence-corrected chi connectivity index (χ1v) is 10.6. The van der Waals surface area contributed by atoms with Crippen LogP contribution in [0.2, 0.25) is 5.02 Å². The van der Waals surface area contributed by atoms with Gasteiger partial charge >= 0.3 is 0 Å². The van der Waals surface area contributed by atoms with Crippen LogP contribution in [-0.4, -0.2) is 42.9 Å². The molecular weight excluding hydrogens is 380 g/mol. The lowest BCUT2D eigenvalue weighted by molar-refractivity contribution is -0.120. The number of hydrogen-bond acceptors (Lipinski definition) is 4. The van der Waals surface area contributed by atoms with Crippen molar-refractivity contribution in [2.24, 2.45) is 0 Å². The Morgan fingerprint density at radius 1 is 1.07 bits per heavy atom. The Morgan fingerprint density at radius 2 is 1.78 bits per heavy atom. The molecule has 0 bridgehead atoms. The van der Waals surface area contributed by atoms with Gasteiger partial charge in [-0.3, -0.25) is 9.69 Å². The Bertz CT molecular complexity index is 733. The Balaban J connectivity index is 1.43. The SMILES string of the molecule is O=C(CCSc1ccc(Cl)cc1)NCc1ccccc1CN1CCOCC1. The number of halogens is 1. The Kier molecular flexibility index (Phi) is 8.02. The Morgan fingerprint density at radius 3 is 2.52 bits per heavy atom. The van der Waals surface area contributed by atoms with E-state index >= 15 is 0 Å². The lowest BCUT2D eigenvalue weighted by Gasteiger charge is -2.27. The molecule has 1 saturated heterocycles. The number of carbonyl (C=O) groups excluding carboxylic acids is 1. The summed E-state index contributed by atoms with van der Waals surface area (Å²) >= 11 is 7.55. The van der Waals surface area contributed by atoms with Crippen molar-refractivity contribution in [1.29, 1.82) is 0 Å². The van der Waals surface area contributed by atoms with Gasteiger partial charge in [-0.2, -0.15) is 0 Å². The molecule has 0 saturated carbocycles. The summed E-state index contributed by atoms with van der Waals surface area (Å²) in [6.45, 7) is 4.99. The molecular formula is C21H25ClN2O2S. The highest BCUT2D eigenvalue weighted by molar-refractivity contribution is 7.99. The Labute approximate surface area is 170 Å². The van der Waals surface area contributed by atoms with Crippen molar-refractivity contribution in [2.75, 3.05) is 32.1 Å². The van der Waals surface area contributed by atoms with E-state index in [-0.39, 0.29) is 5.91 Å². The molecule has 0 radical (unpaired) electrons. The van der Waals surface area contributed by atoms with Crippen molar-refractivity contribution in [3.05, 3.63) is 64.7 Å². The number of carbonyl (C=O) groups is 1. The van der Waals surface area contributed by atoms with E-state index in [0.717, 1.165) is 48.5 Å². The van der Waals surface area contributed by atoms with Crippen LogP contribution in [0.15, 0.2) is 53.4 Å². The van der Waals surface area contributed by atoms with Crippen molar-refractivity contribution in [1.82, 2.24) is 10.2 Å². The van der Waals surface area contributed by atoms with Crippen LogP contribution < -0.4 is 5.32 Å². The van der Waals surface area contributed by atoms with Crippen LogP contribution in [0.4, 0.5) is 0 Å². The van der Waals surface area contributed by atoms with Crippen molar-refractivity contribution in [2.45, 2.75) is 24.4 Å². The summed E-state index contributed by atoms with van der Waals surface area (Å²) in [4.78, 5) is 15.7. The molecule has 6 heteroatoms. The maximum absolute atomic E-state index is 12.2. The second-order valence-electron chi connectivity index (χ2n) is 6.49. The molecule has 1 aliphatic rings. The molecule has 2 aromatic rings. The van der Waals surface area contributed by atoms with Gasteiger partial charge in [-0.1, -0.05) is 35.9 Å². The highest BCUT2D eigenvalue weighted by Crippen LogP contribution is 2.21. The van der Waals surface area contributed by atoms with Crippen LogP contribution >= 0.6 is 23.4 Å². The van der Waals surface area contributed by atoms with Gasteiger partial charge in [-0.05, 0) is 35.4 Å². The van der Waals surface area contributed by atoms with E-state index in [1.807, 2.05) is 30.3 Å². The first kappa shape index (κ1) is 20.2. The third-order valence-electron chi connectivity index (χ3n) is 4.50. The molecule has 0 aromatic heterocycles. The average molecular weight is 405 g/mol. The lowest BCUT2D eigenvalue weighted by atomic mass is 10.1. The molecule has 1 amide bonds. The van der Waals surface area contributed by atoms with Gasteiger partial charge in [0.15, 0.2) is 0 Å². The molecule has 3 rings (SSSR count). The molecule has 1 aliphatic heterocycles. The summed E-state index contributed by atoms with van der Waals surface area (Å²) in [5.74, 6) is 0.834. The highest BCUT2D eigenvalue weighted by Gasteiger charge is 2.13. The zero-order valence-electron chi connectivity index (χ0n) is 15.3. The van der Waals surface area contributed by atoms with Crippen molar-refractivity contribution < 1.29 is 9.53 Å². The van der Waals surface area contributed by atoms with Crippen molar-refractivity contribution >= 4 is 29.3 Å². The molecule has 2 aromatic carbocycles. The summed E-state index contributed by atoms with van der Waals surface area (Å²) in [7, 11) is 0. The number of amides is 1. The van der Waals surface area contributed by atoms with E-state index < -0.39 is 0 Å². The third kappa shape index (κ3) is 6.85. The van der Waals surface area contributed by atoms with Gasteiger partial charge in [0.25, 0.3) is 0 Å². The number of thioether (sulfide) groups is 1. The zero-order chi connectivity index (χ0) is 18.9. The van der Waals surface area contributed by atoms with Crippen LogP contribution in [0, 0.1) is 0 Å². The van der Waals surface area contributed by atoms with Gasteiger partial charge < -0.3 is 10.1 Å². The smallest absolute Gasteiger partial charge is 0.221 e. The molecule has 0 spiro atoms. The third-order valence-corrected chi connectivity index (χ3v) is 5.77. The molecule has 27 heavy (non-hydrogen) atoms. The predicted molar refractivity (Wildman–Crippen MR) is 111 cm³/mol. The summed E-state index contributed by atoms with van der Waals surface area (Å²) in [6, 6.07) is 16.0. The van der Waals surface area contributed by atoms with E-state index in [2.05, 4.69) is 28.4 Å². The van der Waals surface area contributed by atoms with E-state index in [0.29, 0.717) is 13.0 Å². The maximum Gasteiger partial charge on any atom is 0.221 e. The molecule has 4 nitrogen and oxygen atoms in total. The quantitative estimate of drug-likeness (QED) is 0.676. The van der Waals surface area contributed by atoms with Gasteiger partial charge in [-0.25, -0.2) is 0 Å². The van der Waals surface area contributed by atoms with E-state index in [1.54, 1.807) is 11.8 Å². The van der Waals surface area contributed by atoms with Crippen LogP contribution in [-0.2, 0) is 22.6 Å². The number of nitrogens with one attached hydrogen (secondary N) is 1. The largest absolute Gasteiger partial charge is 0.379 e. The normalized spacial score (nSPS) is 14.9. The molecule has 0 aliphatic carbocycles. The van der Waals surface area contributed by atoms with E-state index in [9.17, 15) is 4.79 Å². The fourth-order valence-electron chi connectivity index (χ4n) is 2.96. The van der Waals surface area contributed by atoms with Gasteiger partial charge in [0.1, 0.15) is 0 Å². The van der Waals surface area contributed by atoms with Crippen LogP contribution in [0.5, 0.6) is 0 Å². The minimum atomic E-state index is 0.0811. The van der Waals surface area contributed by atoms with Gasteiger partial charge in [-0.15, -0.1) is 11.8 Å². The molecule has 144 valence electrons. The highest BCUT2D eigenvalue weighted by atomic mass is 35.5. The number of benzene rings is 2. The fourth-order valence-corrected chi connectivity index (χ4v) is 3.94. The molecule has 1 N–H and O–H groups in total. The number of morpholine rings is 1. The van der Waals surface area contributed by atoms with Crippen LogP contribution in [0.3, 0.4) is 0 Å². The predicted octanol–water partition coefficient (Wildman–Crippen LogP) is 3.97. The van der Waals surface area contributed by atoms with E-state index in [4.69, 9.17) is 16.3 Å². The Hall–Kier alpha value is -1.53. The molecule has 0 atom stereocenters. The standard InChI is InChI=1S/C21H25ClN2O2S/c22-19-5-7-20(8-6-19)27-14-9-21(25)23-15-17-3-1-2-4-18(17)16-24-10-12-26-13-11-24/h1-8H,9-16H2,(H,23,25). The first-order chi connectivity index (χ1) is 13.2. The lowest BCUT2D eigenvalue weighted by Crippen LogP contribution is -2.36. The van der Waals surface area contributed by atoms with Crippen molar-refractivity contribution in [3.63, 3.8) is 0 Å². The second kappa shape index (κ2) is 10.7. The average Bonchev–Trinajstić information content (AvgIpc) is 2.70. The molecule has 0 unspecified atom stereocenters. The summed E-state index contributed by atoms with van der Waals surface area (Å²) in [6.07, 6.45) is 0.499. The number of nitrogens with zero attached hydrogens (tertiary/aromatic N) is 1. The van der Waals surface area contributed by atoms with Gasteiger partial charge in [0.05, 0.1) is 13.2 Å².